The zero-order valence-corrected chi connectivity index (χ0v) is 12.5. The highest BCUT2D eigenvalue weighted by Crippen LogP contribution is 2.22. The maximum Gasteiger partial charge on any atom is 0.272 e. The molecule has 0 aliphatic rings. The quantitative estimate of drug-likeness (QED) is 0.776. The van der Waals surface area contributed by atoms with E-state index in [0.717, 1.165) is 28.9 Å². The molecule has 6 heteroatoms. The van der Waals surface area contributed by atoms with Crippen LogP contribution in [0.5, 0.6) is 0 Å². The summed E-state index contributed by atoms with van der Waals surface area (Å²) in [5, 5.41) is 2.92. The van der Waals surface area contributed by atoms with Gasteiger partial charge in [-0.05, 0) is 30.7 Å². The molecule has 3 aromatic rings. The molecule has 21 heavy (non-hydrogen) atoms. The summed E-state index contributed by atoms with van der Waals surface area (Å²) >= 11 is 1.55. The zero-order chi connectivity index (χ0) is 14.8. The van der Waals surface area contributed by atoms with Crippen molar-refractivity contribution >= 4 is 38.8 Å². The van der Waals surface area contributed by atoms with Gasteiger partial charge in [-0.3, -0.25) is 4.79 Å². The average molecular weight is 300 g/mol. The minimum Gasteiger partial charge on any atom is -0.397 e. The maximum absolute atomic E-state index is 12.4. The molecule has 0 unspecified atom stereocenters. The Morgan fingerprint density at radius 3 is 3.10 bits per heavy atom. The Balaban J connectivity index is 1.85. The van der Waals surface area contributed by atoms with Crippen LogP contribution in [0.4, 0.5) is 11.4 Å². The second kappa shape index (κ2) is 5.57. The molecule has 0 saturated carbocycles. The zero-order valence-electron chi connectivity index (χ0n) is 11.7. The van der Waals surface area contributed by atoms with Gasteiger partial charge in [0.2, 0.25) is 0 Å². The first-order chi connectivity index (χ1) is 10.2. The standard InChI is InChI=1S/C15H16N4OS/c1-2-5-19-8-10(16)6-13(19)15(20)18-11-3-4-12-14(7-11)21-9-17-12/h3-4,6-9H,2,5,16H2,1H3,(H,18,20). The van der Waals surface area contributed by atoms with E-state index in [4.69, 9.17) is 5.73 Å². The number of aryl methyl sites for hydroxylation is 1. The van der Waals surface area contributed by atoms with Gasteiger partial charge in [0.25, 0.3) is 5.91 Å². The molecule has 5 nitrogen and oxygen atoms in total. The van der Waals surface area contributed by atoms with Gasteiger partial charge in [0.05, 0.1) is 21.4 Å². The van der Waals surface area contributed by atoms with E-state index in [1.54, 1.807) is 29.1 Å². The number of nitrogens with zero attached hydrogens (tertiary/aromatic N) is 2. The Hall–Kier alpha value is -2.34. The number of benzene rings is 1. The van der Waals surface area contributed by atoms with E-state index in [9.17, 15) is 4.79 Å². The molecule has 1 aromatic carbocycles. The number of rotatable bonds is 4. The molecule has 0 spiro atoms. The highest BCUT2D eigenvalue weighted by atomic mass is 32.1. The van der Waals surface area contributed by atoms with Crippen LogP contribution in [0.2, 0.25) is 0 Å². The van der Waals surface area contributed by atoms with Crippen molar-refractivity contribution in [3.05, 3.63) is 41.7 Å². The average Bonchev–Trinajstić information content (AvgIpc) is 3.05. The lowest BCUT2D eigenvalue weighted by Gasteiger charge is -2.08. The number of carbonyl (C=O) groups is 1. The van der Waals surface area contributed by atoms with Crippen LogP contribution in [0, 0.1) is 0 Å². The summed E-state index contributed by atoms with van der Waals surface area (Å²) in [4.78, 5) is 16.6. The SMILES string of the molecule is CCCn1cc(N)cc1C(=O)Nc1ccc2ncsc2c1. The summed E-state index contributed by atoms with van der Waals surface area (Å²) in [6.07, 6.45) is 2.74. The highest BCUT2D eigenvalue weighted by Gasteiger charge is 2.13. The maximum atomic E-state index is 12.4. The predicted octanol–water partition coefficient (Wildman–Crippen LogP) is 3.34. The predicted molar refractivity (Wildman–Crippen MR) is 86.7 cm³/mol. The summed E-state index contributed by atoms with van der Waals surface area (Å²) in [7, 11) is 0. The van der Waals surface area contributed by atoms with Gasteiger partial charge in [0, 0.05) is 18.4 Å². The second-order valence-electron chi connectivity index (χ2n) is 4.84. The molecule has 3 rings (SSSR count). The van der Waals surface area contributed by atoms with Crippen molar-refractivity contribution in [2.75, 3.05) is 11.1 Å². The number of fused-ring (bicyclic) bond motifs is 1. The van der Waals surface area contributed by atoms with Gasteiger partial charge in [-0.15, -0.1) is 11.3 Å². The number of hydrogen-bond donors (Lipinski definition) is 2. The van der Waals surface area contributed by atoms with Crippen molar-refractivity contribution in [3.63, 3.8) is 0 Å². The van der Waals surface area contributed by atoms with Gasteiger partial charge in [-0.25, -0.2) is 4.98 Å². The van der Waals surface area contributed by atoms with Crippen molar-refractivity contribution in [3.8, 4) is 0 Å². The summed E-state index contributed by atoms with van der Waals surface area (Å²) in [6.45, 7) is 2.84. The monoisotopic (exact) mass is 300 g/mol. The summed E-state index contributed by atoms with van der Waals surface area (Å²) in [6, 6.07) is 7.40. The molecule has 3 N–H and O–H groups in total. The Bertz CT molecular complexity index is 790. The number of carbonyl (C=O) groups excluding carboxylic acids is 1. The van der Waals surface area contributed by atoms with Crippen molar-refractivity contribution in [1.29, 1.82) is 0 Å². The number of anilines is 2. The van der Waals surface area contributed by atoms with Crippen LogP contribution in [0.1, 0.15) is 23.8 Å². The summed E-state index contributed by atoms with van der Waals surface area (Å²) in [5.41, 5.74) is 10.5. The molecule has 0 saturated heterocycles. The number of nitrogen functional groups attached to an aromatic ring is 1. The van der Waals surface area contributed by atoms with E-state index in [1.165, 1.54) is 0 Å². The number of amides is 1. The van der Waals surface area contributed by atoms with E-state index in [2.05, 4.69) is 17.2 Å². The third kappa shape index (κ3) is 2.75. The first-order valence-corrected chi connectivity index (χ1v) is 7.65. The molecule has 0 aliphatic carbocycles. The third-order valence-corrected chi connectivity index (χ3v) is 4.00. The molecular formula is C15H16N4OS. The number of nitrogens with two attached hydrogens (primary N) is 1. The Morgan fingerprint density at radius 1 is 1.43 bits per heavy atom. The van der Waals surface area contributed by atoms with E-state index in [0.29, 0.717) is 11.4 Å². The molecule has 0 aliphatic heterocycles. The van der Waals surface area contributed by atoms with Crippen LogP contribution in [0.15, 0.2) is 36.0 Å². The van der Waals surface area contributed by atoms with E-state index >= 15 is 0 Å². The lowest BCUT2D eigenvalue weighted by molar-refractivity contribution is 0.101. The van der Waals surface area contributed by atoms with E-state index < -0.39 is 0 Å². The van der Waals surface area contributed by atoms with Crippen LogP contribution in [0.3, 0.4) is 0 Å². The summed E-state index contributed by atoms with van der Waals surface area (Å²) < 4.78 is 2.94. The second-order valence-corrected chi connectivity index (χ2v) is 5.73. The number of nitrogens with one attached hydrogen (secondary N) is 1. The van der Waals surface area contributed by atoms with E-state index in [1.807, 2.05) is 22.8 Å². The van der Waals surface area contributed by atoms with Gasteiger partial charge in [-0.2, -0.15) is 0 Å². The van der Waals surface area contributed by atoms with Crippen molar-refractivity contribution in [2.45, 2.75) is 19.9 Å². The fourth-order valence-corrected chi connectivity index (χ4v) is 2.99. The topological polar surface area (TPSA) is 72.9 Å². The lowest BCUT2D eigenvalue weighted by atomic mass is 10.3. The first-order valence-electron chi connectivity index (χ1n) is 6.77. The Morgan fingerprint density at radius 2 is 2.29 bits per heavy atom. The smallest absolute Gasteiger partial charge is 0.272 e. The molecule has 108 valence electrons. The minimum atomic E-state index is -0.149. The third-order valence-electron chi connectivity index (χ3n) is 3.20. The normalized spacial score (nSPS) is 10.9. The molecule has 0 radical (unpaired) electrons. The van der Waals surface area contributed by atoms with Crippen LogP contribution < -0.4 is 11.1 Å². The molecule has 0 fully saturated rings. The van der Waals surface area contributed by atoms with Crippen LogP contribution in [0.25, 0.3) is 10.2 Å². The number of thiazole rings is 1. The van der Waals surface area contributed by atoms with Crippen molar-refractivity contribution in [2.24, 2.45) is 0 Å². The first kappa shape index (κ1) is 13.6. The highest BCUT2D eigenvalue weighted by molar-refractivity contribution is 7.16. The van der Waals surface area contributed by atoms with Gasteiger partial charge in [0.1, 0.15) is 5.69 Å². The van der Waals surface area contributed by atoms with Gasteiger partial charge in [-0.1, -0.05) is 6.92 Å². The van der Waals surface area contributed by atoms with Crippen LogP contribution in [-0.4, -0.2) is 15.5 Å². The van der Waals surface area contributed by atoms with Gasteiger partial charge < -0.3 is 15.6 Å². The van der Waals surface area contributed by atoms with Gasteiger partial charge >= 0.3 is 0 Å². The number of hydrogen-bond acceptors (Lipinski definition) is 4. The largest absolute Gasteiger partial charge is 0.397 e. The molecule has 2 heterocycles. The minimum absolute atomic E-state index is 0.149. The molecule has 2 aromatic heterocycles. The Kier molecular flexibility index (Phi) is 3.62. The molecule has 0 bridgehead atoms. The van der Waals surface area contributed by atoms with Crippen molar-refractivity contribution in [1.82, 2.24) is 9.55 Å². The lowest BCUT2D eigenvalue weighted by Crippen LogP contribution is -2.16. The van der Waals surface area contributed by atoms with Crippen molar-refractivity contribution < 1.29 is 4.79 Å². The van der Waals surface area contributed by atoms with Crippen LogP contribution >= 0.6 is 11.3 Å². The Labute approximate surface area is 126 Å². The fraction of sp³-hybridized carbons (Fsp3) is 0.200. The molecule has 0 atom stereocenters. The van der Waals surface area contributed by atoms with E-state index in [-0.39, 0.29) is 5.91 Å². The van der Waals surface area contributed by atoms with Gasteiger partial charge in [0.15, 0.2) is 0 Å². The summed E-state index contributed by atoms with van der Waals surface area (Å²) in [5.74, 6) is -0.149. The molecule has 1 amide bonds. The number of aromatic nitrogens is 2. The fourth-order valence-electron chi connectivity index (χ4n) is 2.28. The molecular weight excluding hydrogens is 284 g/mol. The van der Waals surface area contributed by atoms with Crippen LogP contribution in [-0.2, 0) is 6.54 Å².